The Morgan fingerprint density at radius 3 is 2.53 bits per heavy atom. The first-order chi connectivity index (χ1) is 8.06. The molecule has 0 aliphatic carbocycles. The van der Waals surface area contributed by atoms with Crippen LogP contribution in [0.25, 0.3) is 11.3 Å². The van der Waals surface area contributed by atoms with Gasteiger partial charge in [-0.15, -0.1) is 0 Å². The van der Waals surface area contributed by atoms with E-state index < -0.39 is 0 Å². The highest BCUT2D eigenvalue weighted by molar-refractivity contribution is 5.93. The third-order valence-electron chi connectivity index (χ3n) is 2.49. The predicted octanol–water partition coefficient (Wildman–Crippen LogP) is 3.52. The van der Waals surface area contributed by atoms with Crippen LogP contribution >= 0.6 is 0 Å². The van der Waals surface area contributed by atoms with Crippen LogP contribution in [0, 0.1) is 13.8 Å². The lowest BCUT2D eigenvalue weighted by molar-refractivity contribution is -0.114. The average Bonchev–Trinajstić information content (AvgIpc) is 2.64. The van der Waals surface area contributed by atoms with Crippen molar-refractivity contribution in [3.05, 3.63) is 41.7 Å². The fourth-order valence-electron chi connectivity index (χ4n) is 1.75. The Bertz CT molecular complexity index is 555. The number of amides is 1. The molecule has 1 heterocycles. The molecular formula is C14H15NO2. The van der Waals surface area contributed by atoms with Crippen molar-refractivity contribution >= 4 is 11.6 Å². The van der Waals surface area contributed by atoms with Crippen LogP contribution < -0.4 is 5.32 Å². The fraction of sp³-hybridized carbons (Fsp3) is 0.214. The highest BCUT2D eigenvalue weighted by Crippen LogP contribution is 2.30. The van der Waals surface area contributed by atoms with Crippen LogP contribution in [0.1, 0.15) is 18.2 Å². The zero-order chi connectivity index (χ0) is 12.4. The summed E-state index contributed by atoms with van der Waals surface area (Å²) in [5.74, 6) is 1.54. The number of hydrogen-bond acceptors (Lipinski definition) is 2. The molecule has 0 aliphatic heterocycles. The molecule has 0 radical (unpaired) electrons. The van der Waals surface area contributed by atoms with Crippen LogP contribution in [0.15, 0.2) is 34.7 Å². The molecule has 0 saturated heterocycles. The Labute approximate surface area is 100 Å². The molecule has 88 valence electrons. The number of anilines is 1. The SMILES string of the molecule is CC(=O)Nc1cc(C)ccc1-c1ccc(C)o1. The topological polar surface area (TPSA) is 42.2 Å². The number of benzene rings is 1. The van der Waals surface area contributed by atoms with E-state index in [2.05, 4.69) is 5.32 Å². The summed E-state index contributed by atoms with van der Waals surface area (Å²) in [7, 11) is 0. The number of furan rings is 1. The van der Waals surface area contributed by atoms with Crippen LogP contribution in [0.2, 0.25) is 0 Å². The minimum Gasteiger partial charge on any atom is -0.461 e. The zero-order valence-electron chi connectivity index (χ0n) is 10.2. The molecule has 3 heteroatoms. The molecule has 1 N–H and O–H groups in total. The summed E-state index contributed by atoms with van der Waals surface area (Å²) in [5, 5.41) is 2.82. The Kier molecular flexibility index (Phi) is 3.00. The van der Waals surface area contributed by atoms with Crippen LogP contribution in [-0.2, 0) is 4.79 Å². The van der Waals surface area contributed by atoms with Gasteiger partial charge in [-0.25, -0.2) is 0 Å². The normalized spacial score (nSPS) is 10.3. The molecule has 0 atom stereocenters. The van der Waals surface area contributed by atoms with Gasteiger partial charge in [0.25, 0.3) is 0 Å². The van der Waals surface area contributed by atoms with Gasteiger partial charge < -0.3 is 9.73 Å². The van der Waals surface area contributed by atoms with E-state index >= 15 is 0 Å². The van der Waals surface area contributed by atoms with Gasteiger partial charge in [0.1, 0.15) is 11.5 Å². The van der Waals surface area contributed by atoms with Crippen molar-refractivity contribution < 1.29 is 9.21 Å². The summed E-state index contributed by atoms with van der Waals surface area (Å²) >= 11 is 0. The summed E-state index contributed by atoms with van der Waals surface area (Å²) in [6.07, 6.45) is 0. The molecule has 1 amide bonds. The van der Waals surface area contributed by atoms with Gasteiger partial charge in [0.05, 0.1) is 5.69 Å². The van der Waals surface area contributed by atoms with E-state index in [0.717, 1.165) is 28.3 Å². The maximum Gasteiger partial charge on any atom is 0.221 e. The van der Waals surface area contributed by atoms with Crippen LogP contribution in [0.3, 0.4) is 0 Å². The second-order valence-corrected chi connectivity index (χ2v) is 4.14. The van der Waals surface area contributed by atoms with Gasteiger partial charge in [-0.05, 0) is 43.7 Å². The predicted molar refractivity (Wildman–Crippen MR) is 67.9 cm³/mol. The summed E-state index contributed by atoms with van der Waals surface area (Å²) in [4.78, 5) is 11.2. The van der Waals surface area contributed by atoms with Crippen LogP contribution in [-0.4, -0.2) is 5.91 Å². The van der Waals surface area contributed by atoms with Crippen molar-refractivity contribution in [1.29, 1.82) is 0 Å². The fourth-order valence-corrected chi connectivity index (χ4v) is 1.75. The number of nitrogens with one attached hydrogen (secondary N) is 1. The van der Waals surface area contributed by atoms with Crippen molar-refractivity contribution in [3.63, 3.8) is 0 Å². The molecule has 0 aliphatic rings. The van der Waals surface area contributed by atoms with Crippen molar-refractivity contribution in [2.75, 3.05) is 5.32 Å². The van der Waals surface area contributed by atoms with Crippen molar-refractivity contribution in [3.8, 4) is 11.3 Å². The molecule has 2 rings (SSSR count). The van der Waals surface area contributed by atoms with Gasteiger partial charge in [0.2, 0.25) is 5.91 Å². The van der Waals surface area contributed by atoms with Gasteiger partial charge in [0, 0.05) is 12.5 Å². The molecule has 0 bridgehead atoms. The molecule has 1 aromatic heterocycles. The van der Waals surface area contributed by atoms with Gasteiger partial charge in [0.15, 0.2) is 0 Å². The lowest BCUT2D eigenvalue weighted by atomic mass is 10.1. The molecule has 17 heavy (non-hydrogen) atoms. The largest absolute Gasteiger partial charge is 0.461 e. The Morgan fingerprint density at radius 1 is 1.18 bits per heavy atom. The highest BCUT2D eigenvalue weighted by atomic mass is 16.3. The van der Waals surface area contributed by atoms with E-state index in [1.165, 1.54) is 6.92 Å². The second-order valence-electron chi connectivity index (χ2n) is 4.14. The first-order valence-corrected chi connectivity index (χ1v) is 5.51. The molecule has 0 unspecified atom stereocenters. The monoisotopic (exact) mass is 229 g/mol. The summed E-state index contributed by atoms with van der Waals surface area (Å²) in [5.41, 5.74) is 2.78. The number of carbonyl (C=O) groups excluding carboxylic acids is 1. The van der Waals surface area contributed by atoms with E-state index in [0.29, 0.717) is 0 Å². The standard InChI is InChI=1S/C14H15NO2/c1-9-4-6-12(13(8-9)15-11(3)16)14-7-5-10(2)17-14/h4-8H,1-3H3,(H,15,16). The average molecular weight is 229 g/mol. The third-order valence-corrected chi connectivity index (χ3v) is 2.49. The number of aryl methyl sites for hydroxylation is 2. The maximum atomic E-state index is 11.2. The van der Waals surface area contributed by atoms with Crippen LogP contribution in [0.5, 0.6) is 0 Å². The Morgan fingerprint density at radius 2 is 1.94 bits per heavy atom. The van der Waals surface area contributed by atoms with Crippen LogP contribution in [0.4, 0.5) is 5.69 Å². The van der Waals surface area contributed by atoms with Gasteiger partial charge in [-0.3, -0.25) is 4.79 Å². The quantitative estimate of drug-likeness (QED) is 0.856. The molecular weight excluding hydrogens is 214 g/mol. The highest BCUT2D eigenvalue weighted by Gasteiger charge is 2.09. The van der Waals surface area contributed by atoms with E-state index in [1.807, 2.05) is 44.2 Å². The molecule has 1 aromatic carbocycles. The molecule has 0 saturated carbocycles. The van der Waals surface area contributed by atoms with Gasteiger partial charge >= 0.3 is 0 Å². The zero-order valence-corrected chi connectivity index (χ0v) is 10.2. The second kappa shape index (κ2) is 4.45. The Balaban J connectivity index is 2.49. The Hall–Kier alpha value is -2.03. The summed E-state index contributed by atoms with van der Waals surface area (Å²) in [6, 6.07) is 9.71. The minimum atomic E-state index is -0.0832. The molecule has 2 aromatic rings. The smallest absolute Gasteiger partial charge is 0.221 e. The lowest BCUT2D eigenvalue weighted by Gasteiger charge is -2.09. The minimum absolute atomic E-state index is 0.0832. The summed E-state index contributed by atoms with van der Waals surface area (Å²) in [6.45, 7) is 5.39. The van der Waals surface area contributed by atoms with E-state index in [9.17, 15) is 4.79 Å². The van der Waals surface area contributed by atoms with E-state index in [4.69, 9.17) is 4.42 Å². The van der Waals surface area contributed by atoms with Crippen molar-refractivity contribution in [2.24, 2.45) is 0 Å². The number of hydrogen-bond donors (Lipinski definition) is 1. The first-order valence-electron chi connectivity index (χ1n) is 5.51. The molecule has 0 spiro atoms. The van der Waals surface area contributed by atoms with Gasteiger partial charge in [-0.1, -0.05) is 6.07 Å². The van der Waals surface area contributed by atoms with E-state index in [-0.39, 0.29) is 5.91 Å². The van der Waals surface area contributed by atoms with Crippen molar-refractivity contribution in [2.45, 2.75) is 20.8 Å². The van der Waals surface area contributed by atoms with E-state index in [1.54, 1.807) is 0 Å². The van der Waals surface area contributed by atoms with Crippen molar-refractivity contribution in [1.82, 2.24) is 0 Å². The third kappa shape index (κ3) is 2.56. The molecule has 3 nitrogen and oxygen atoms in total. The molecule has 0 fully saturated rings. The lowest BCUT2D eigenvalue weighted by Crippen LogP contribution is -2.07. The number of rotatable bonds is 2. The summed E-state index contributed by atoms with van der Waals surface area (Å²) < 4.78 is 5.58. The maximum absolute atomic E-state index is 11.2. The first kappa shape index (κ1) is 11.5. The number of carbonyl (C=O) groups is 1. The van der Waals surface area contributed by atoms with Gasteiger partial charge in [-0.2, -0.15) is 0 Å².